The summed E-state index contributed by atoms with van der Waals surface area (Å²) in [5.41, 5.74) is -0.510. The van der Waals surface area contributed by atoms with E-state index in [2.05, 4.69) is 0 Å². The van der Waals surface area contributed by atoms with E-state index >= 15 is 0 Å². The van der Waals surface area contributed by atoms with Crippen LogP contribution in [0.25, 0.3) is 11.0 Å². The average Bonchev–Trinajstić information content (AvgIpc) is 2.47. The van der Waals surface area contributed by atoms with Crippen molar-refractivity contribution in [3.63, 3.8) is 0 Å². The molecule has 2 heterocycles. The molecule has 0 fully saturated rings. The highest BCUT2D eigenvalue weighted by molar-refractivity contribution is 5.80. The molecule has 0 N–H and O–H groups in total. The lowest BCUT2D eigenvalue weighted by atomic mass is 10.1. The molecular formula is C17H12F3NO3. The zero-order valence-electron chi connectivity index (χ0n) is 12.6. The summed E-state index contributed by atoms with van der Waals surface area (Å²) in [6, 6.07) is 7.95. The lowest BCUT2D eigenvalue weighted by molar-refractivity contribution is -0.138. The van der Waals surface area contributed by atoms with E-state index in [0.29, 0.717) is 16.5 Å². The fourth-order valence-electron chi connectivity index (χ4n) is 2.47. The first-order valence-corrected chi connectivity index (χ1v) is 7.05. The summed E-state index contributed by atoms with van der Waals surface area (Å²) in [7, 11) is 0. The fourth-order valence-corrected chi connectivity index (χ4v) is 2.47. The topological polar surface area (TPSA) is 52.2 Å². The van der Waals surface area contributed by atoms with E-state index in [0.717, 1.165) is 28.5 Å². The van der Waals surface area contributed by atoms with Crippen LogP contribution in [-0.2, 0) is 12.7 Å². The highest BCUT2D eigenvalue weighted by Crippen LogP contribution is 2.28. The van der Waals surface area contributed by atoms with E-state index < -0.39 is 22.9 Å². The summed E-state index contributed by atoms with van der Waals surface area (Å²) in [4.78, 5) is 23.6. The van der Waals surface area contributed by atoms with Gasteiger partial charge in [-0.2, -0.15) is 13.2 Å². The van der Waals surface area contributed by atoms with E-state index in [1.807, 2.05) is 6.92 Å². The number of hydrogen-bond donors (Lipinski definition) is 0. The van der Waals surface area contributed by atoms with E-state index in [9.17, 15) is 22.8 Å². The number of hydrogen-bond acceptors (Lipinski definition) is 3. The molecule has 1 aromatic carbocycles. The lowest BCUT2D eigenvalue weighted by Crippen LogP contribution is -2.22. The fraction of sp³-hybridized carbons (Fsp3) is 0.176. The minimum atomic E-state index is -4.55. The molecule has 4 nitrogen and oxygen atoms in total. The number of alkyl halides is 3. The Hall–Kier alpha value is -2.83. The van der Waals surface area contributed by atoms with Gasteiger partial charge in [-0.1, -0.05) is 12.1 Å². The standard InChI is InChI=1S/C17H12F3NO3/c1-10-2-4-13-11(7-16(23)24-14(13)6-10)8-21-9-12(17(18,19)20)3-5-15(21)22/h2-7,9H,8H2,1H3. The van der Waals surface area contributed by atoms with Gasteiger partial charge in [0.15, 0.2) is 0 Å². The summed E-state index contributed by atoms with van der Waals surface area (Å²) < 4.78 is 44.5. The summed E-state index contributed by atoms with van der Waals surface area (Å²) >= 11 is 0. The molecule has 3 aromatic rings. The van der Waals surface area contributed by atoms with Gasteiger partial charge in [0.05, 0.1) is 12.1 Å². The Morgan fingerprint density at radius 1 is 1.08 bits per heavy atom. The summed E-state index contributed by atoms with van der Waals surface area (Å²) in [5.74, 6) is 0. The maximum atomic E-state index is 12.8. The lowest BCUT2D eigenvalue weighted by Gasteiger charge is -2.12. The Kier molecular flexibility index (Phi) is 3.79. The van der Waals surface area contributed by atoms with Crippen LogP contribution in [0.5, 0.6) is 0 Å². The van der Waals surface area contributed by atoms with Gasteiger partial charge >= 0.3 is 11.8 Å². The van der Waals surface area contributed by atoms with E-state index in [4.69, 9.17) is 4.42 Å². The average molecular weight is 335 g/mol. The number of pyridine rings is 1. The smallest absolute Gasteiger partial charge is 0.417 e. The summed E-state index contributed by atoms with van der Waals surface area (Å²) in [6.45, 7) is 1.66. The maximum Gasteiger partial charge on any atom is 0.417 e. The number of nitrogens with zero attached hydrogens (tertiary/aromatic N) is 1. The molecule has 0 radical (unpaired) electrons. The second-order valence-electron chi connectivity index (χ2n) is 5.47. The van der Waals surface area contributed by atoms with E-state index in [1.54, 1.807) is 18.2 Å². The third-order valence-corrected chi connectivity index (χ3v) is 3.64. The molecule has 0 aliphatic carbocycles. The van der Waals surface area contributed by atoms with Crippen LogP contribution in [0.3, 0.4) is 0 Å². The van der Waals surface area contributed by atoms with Gasteiger partial charge < -0.3 is 8.98 Å². The van der Waals surface area contributed by atoms with Crippen molar-refractivity contribution in [2.75, 3.05) is 0 Å². The quantitative estimate of drug-likeness (QED) is 0.675. The number of aromatic nitrogens is 1. The Morgan fingerprint density at radius 3 is 2.54 bits per heavy atom. The Labute approximate surface area is 133 Å². The normalized spacial score (nSPS) is 11.8. The van der Waals surface area contributed by atoms with Gasteiger partial charge in [0, 0.05) is 23.7 Å². The van der Waals surface area contributed by atoms with Gasteiger partial charge in [-0.25, -0.2) is 4.79 Å². The minimum absolute atomic E-state index is 0.159. The molecule has 124 valence electrons. The third-order valence-electron chi connectivity index (χ3n) is 3.64. The molecule has 0 atom stereocenters. The van der Waals surface area contributed by atoms with Gasteiger partial charge in [0.2, 0.25) is 0 Å². The van der Waals surface area contributed by atoms with Crippen molar-refractivity contribution < 1.29 is 17.6 Å². The highest BCUT2D eigenvalue weighted by atomic mass is 19.4. The van der Waals surface area contributed by atoms with Gasteiger partial charge in [-0.15, -0.1) is 0 Å². The number of aryl methyl sites for hydroxylation is 1. The van der Waals surface area contributed by atoms with Gasteiger partial charge in [-0.05, 0) is 30.2 Å². The highest BCUT2D eigenvalue weighted by Gasteiger charge is 2.31. The number of halogens is 3. The molecular weight excluding hydrogens is 323 g/mol. The third kappa shape index (κ3) is 3.10. The summed E-state index contributed by atoms with van der Waals surface area (Å²) in [5, 5.41) is 0.574. The second kappa shape index (κ2) is 5.67. The first-order valence-electron chi connectivity index (χ1n) is 7.05. The summed E-state index contributed by atoms with van der Waals surface area (Å²) in [6.07, 6.45) is -3.80. The molecule has 0 amide bonds. The van der Waals surface area contributed by atoms with Crippen molar-refractivity contribution in [3.05, 3.63) is 80.1 Å². The molecule has 2 aromatic heterocycles. The molecule has 7 heteroatoms. The predicted octanol–water partition coefficient (Wildman–Crippen LogP) is 3.33. The second-order valence-corrected chi connectivity index (χ2v) is 5.47. The van der Waals surface area contributed by atoms with Crippen molar-refractivity contribution >= 4 is 11.0 Å². The zero-order chi connectivity index (χ0) is 17.5. The van der Waals surface area contributed by atoms with Crippen molar-refractivity contribution in [2.24, 2.45) is 0 Å². The number of fused-ring (bicyclic) bond motifs is 1. The molecule has 0 spiro atoms. The van der Waals surface area contributed by atoms with Gasteiger partial charge in [0.1, 0.15) is 5.58 Å². The van der Waals surface area contributed by atoms with Crippen LogP contribution in [0.4, 0.5) is 13.2 Å². The molecule has 0 aliphatic rings. The van der Waals surface area contributed by atoms with Crippen LogP contribution in [-0.4, -0.2) is 4.57 Å². The number of rotatable bonds is 2. The molecule has 0 aliphatic heterocycles. The minimum Gasteiger partial charge on any atom is -0.423 e. The first-order chi connectivity index (χ1) is 11.2. The first kappa shape index (κ1) is 16.0. The molecule has 24 heavy (non-hydrogen) atoms. The monoisotopic (exact) mass is 335 g/mol. The van der Waals surface area contributed by atoms with Crippen LogP contribution in [0, 0.1) is 6.92 Å². The van der Waals surface area contributed by atoms with Crippen LogP contribution in [0.1, 0.15) is 16.7 Å². The van der Waals surface area contributed by atoms with Gasteiger partial charge in [0.25, 0.3) is 5.56 Å². The maximum absolute atomic E-state index is 12.8. The zero-order valence-corrected chi connectivity index (χ0v) is 12.6. The predicted molar refractivity (Wildman–Crippen MR) is 82.0 cm³/mol. The van der Waals surface area contributed by atoms with E-state index in [-0.39, 0.29) is 6.54 Å². The van der Waals surface area contributed by atoms with Crippen LogP contribution in [0.2, 0.25) is 0 Å². The number of benzene rings is 1. The Balaban J connectivity index is 2.14. The van der Waals surface area contributed by atoms with Crippen molar-refractivity contribution in [2.45, 2.75) is 19.6 Å². The Morgan fingerprint density at radius 2 is 1.83 bits per heavy atom. The van der Waals surface area contributed by atoms with Crippen molar-refractivity contribution in [1.29, 1.82) is 0 Å². The van der Waals surface area contributed by atoms with Crippen LogP contribution < -0.4 is 11.2 Å². The SMILES string of the molecule is Cc1ccc2c(Cn3cc(C(F)(F)F)ccc3=O)cc(=O)oc2c1. The molecule has 3 rings (SSSR count). The van der Waals surface area contributed by atoms with Crippen LogP contribution in [0.15, 0.2) is 56.6 Å². The van der Waals surface area contributed by atoms with Crippen molar-refractivity contribution in [1.82, 2.24) is 4.57 Å². The van der Waals surface area contributed by atoms with Gasteiger partial charge in [-0.3, -0.25) is 4.79 Å². The van der Waals surface area contributed by atoms with Crippen LogP contribution >= 0.6 is 0 Å². The molecule has 0 saturated carbocycles. The molecule has 0 unspecified atom stereocenters. The largest absolute Gasteiger partial charge is 0.423 e. The van der Waals surface area contributed by atoms with Crippen molar-refractivity contribution in [3.8, 4) is 0 Å². The molecule has 0 bridgehead atoms. The molecule has 0 saturated heterocycles. The van der Waals surface area contributed by atoms with E-state index in [1.165, 1.54) is 6.07 Å². The Bertz CT molecular complexity index is 1030.